The van der Waals surface area contributed by atoms with Crippen LogP contribution in [0.4, 0.5) is 0 Å². The zero-order chi connectivity index (χ0) is 14.7. The molecule has 0 aliphatic heterocycles. The van der Waals surface area contributed by atoms with E-state index in [1.807, 2.05) is 0 Å². The molecular formula is C13H23NO5. The van der Waals surface area contributed by atoms with Crippen LogP contribution in [-0.2, 0) is 14.4 Å². The highest BCUT2D eigenvalue weighted by atomic mass is 16.4. The van der Waals surface area contributed by atoms with E-state index >= 15 is 0 Å². The molecule has 0 spiro atoms. The Hall–Kier alpha value is -1.59. The highest BCUT2D eigenvalue weighted by molar-refractivity contribution is 5.83. The minimum absolute atomic E-state index is 0.0872. The Balaban J connectivity index is 3.94. The van der Waals surface area contributed by atoms with Gasteiger partial charge in [0.15, 0.2) is 0 Å². The third-order valence-corrected chi connectivity index (χ3v) is 2.77. The largest absolute Gasteiger partial charge is 0.481 e. The number of carboxylic acid groups (broad SMARTS) is 2. The van der Waals surface area contributed by atoms with Crippen molar-refractivity contribution in [3.05, 3.63) is 0 Å². The first kappa shape index (κ1) is 17.4. The van der Waals surface area contributed by atoms with Gasteiger partial charge in [0, 0.05) is 12.8 Å². The molecule has 0 saturated heterocycles. The number of aliphatic carboxylic acids is 2. The van der Waals surface area contributed by atoms with Gasteiger partial charge in [-0.1, -0.05) is 26.2 Å². The molecule has 0 saturated carbocycles. The second kappa shape index (κ2) is 10.3. The van der Waals surface area contributed by atoms with Crippen LogP contribution in [0.3, 0.4) is 0 Å². The molecule has 1 amide bonds. The van der Waals surface area contributed by atoms with Gasteiger partial charge in [0.2, 0.25) is 5.91 Å². The average Bonchev–Trinajstić information content (AvgIpc) is 2.33. The summed E-state index contributed by atoms with van der Waals surface area (Å²) in [7, 11) is 0. The lowest BCUT2D eigenvalue weighted by Gasteiger charge is -2.13. The Labute approximate surface area is 113 Å². The normalized spacial score (nSPS) is 11.8. The van der Waals surface area contributed by atoms with Gasteiger partial charge in [-0.25, -0.2) is 4.79 Å². The molecule has 0 aliphatic rings. The topological polar surface area (TPSA) is 104 Å². The SMILES string of the molecule is CCCCCCC(=O)N[C@H](CCCC(=O)O)C(=O)O. The Morgan fingerprint density at radius 2 is 1.68 bits per heavy atom. The third-order valence-electron chi connectivity index (χ3n) is 2.77. The summed E-state index contributed by atoms with van der Waals surface area (Å²) in [5.74, 6) is -2.36. The maximum Gasteiger partial charge on any atom is 0.326 e. The van der Waals surface area contributed by atoms with Crippen molar-refractivity contribution in [1.82, 2.24) is 5.32 Å². The van der Waals surface area contributed by atoms with Crippen LogP contribution < -0.4 is 5.32 Å². The maximum absolute atomic E-state index is 11.5. The van der Waals surface area contributed by atoms with Crippen molar-refractivity contribution in [1.29, 1.82) is 0 Å². The van der Waals surface area contributed by atoms with Crippen molar-refractivity contribution >= 4 is 17.8 Å². The fourth-order valence-electron chi connectivity index (χ4n) is 1.69. The second-order valence-electron chi connectivity index (χ2n) is 4.55. The molecule has 0 radical (unpaired) electrons. The van der Waals surface area contributed by atoms with Gasteiger partial charge in [0.25, 0.3) is 0 Å². The van der Waals surface area contributed by atoms with Gasteiger partial charge in [-0.15, -0.1) is 0 Å². The maximum atomic E-state index is 11.5. The zero-order valence-corrected chi connectivity index (χ0v) is 11.4. The van der Waals surface area contributed by atoms with E-state index < -0.39 is 18.0 Å². The van der Waals surface area contributed by atoms with Gasteiger partial charge in [0.1, 0.15) is 6.04 Å². The van der Waals surface area contributed by atoms with Crippen LogP contribution in [0.2, 0.25) is 0 Å². The van der Waals surface area contributed by atoms with Gasteiger partial charge < -0.3 is 15.5 Å². The molecule has 0 fully saturated rings. The Bertz CT molecular complexity index is 303. The van der Waals surface area contributed by atoms with Crippen LogP contribution >= 0.6 is 0 Å². The minimum atomic E-state index is -1.12. The summed E-state index contributed by atoms with van der Waals surface area (Å²) in [6, 6.07) is -0.988. The average molecular weight is 273 g/mol. The van der Waals surface area contributed by atoms with E-state index in [-0.39, 0.29) is 25.2 Å². The number of unbranched alkanes of at least 4 members (excludes halogenated alkanes) is 3. The van der Waals surface area contributed by atoms with E-state index in [1.165, 1.54) is 0 Å². The lowest BCUT2D eigenvalue weighted by molar-refractivity contribution is -0.142. The van der Waals surface area contributed by atoms with Crippen LogP contribution in [0.5, 0.6) is 0 Å². The van der Waals surface area contributed by atoms with Crippen molar-refractivity contribution in [2.45, 2.75) is 64.3 Å². The summed E-state index contributed by atoms with van der Waals surface area (Å²) in [6.07, 6.45) is 4.47. The molecule has 0 aromatic rings. The predicted octanol–water partition coefficient (Wildman–Crippen LogP) is 1.78. The number of carboxylic acids is 2. The fraction of sp³-hybridized carbons (Fsp3) is 0.769. The van der Waals surface area contributed by atoms with Crippen molar-refractivity contribution in [3.63, 3.8) is 0 Å². The van der Waals surface area contributed by atoms with Gasteiger partial charge in [-0.05, 0) is 19.3 Å². The second-order valence-corrected chi connectivity index (χ2v) is 4.55. The van der Waals surface area contributed by atoms with Crippen LogP contribution in [0.15, 0.2) is 0 Å². The van der Waals surface area contributed by atoms with E-state index in [2.05, 4.69) is 12.2 Å². The van der Waals surface area contributed by atoms with E-state index in [1.54, 1.807) is 0 Å². The molecule has 0 aromatic carbocycles. The monoisotopic (exact) mass is 273 g/mol. The standard InChI is InChI=1S/C13H23NO5/c1-2-3-4-5-8-11(15)14-10(13(18)19)7-6-9-12(16)17/h10H,2-9H2,1H3,(H,14,15)(H,16,17)(H,18,19)/t10-/m1/s1. The zero-order valence-electron chi connectivity index (χ0n) is 11.4. The van der Waals surface area contributed by atoms with E-state index in [9.17, 15) is 14.4 Å². The molecule has 1 atom stereocenters. The number of amides is 1. The quantitative estimate of drug-likeness (QED) is 0.498. The number of rotatable bonds is 11. The molecule has 0 aromatic heterocycles. The summed E-state index contributed by atoms with van der Waals surface area (Å²) < 4.78 is 0. The molecule has 0 heterocycles. The van der Waals surface area contributed by atoms with Crippen LogP contribution in [0.25, 0.3) is 0 Å². The number of hydrogen-bond acceptors (Lipinski definition) is 3. The number of carbonyl (C=O) groups excluding carboxylic acids is 1. The van der Waals surface area contributed by atoms with Crippen molar-refractivity contribution < 1.29 is 24.6 Å². The molecule has 19 heavy (non-hydrogen) atoms. The molecule has 0 aliphatic carbocycles. The highest BCUT2D eigenvalue weighted by Crippen LogP contribution is 2.05. The predicted molar refractivity (Wildman–Crippen MR) is 69.8 cm³/mol. The van der Waals surface area contributed by atoms with Crippen LogP contribution in [0.1, 0.15) is 58.3 Å². The van der Waals surface area contributed by atoms with Crippen molar-refractivity contribution in [3.8, 4) is 0 Å². The first-order valence-corrected chi connectivity index (χ1v) is 6.71. The summed E-state index contributed by atoms with van der Waals surface area (Å²) in [6.45, 7) is 2.07. The first-order chi connectivity index (χ1) is 8.97. The van der Waals surface area contributed by atoms with Crippen LogP contribution in [0, 0.1) is 0 Å². The number of hydrogen-bond donors (Lipinski definition) is 3. The molecule has 3 N–H and O–H groups in total. The molecule has 0 unspecified atom stereocenters. The molecule has 0 rings (SSSR count). The molecule has 0 bridgehead atoms. The molecular weight excluding hydrogens is 250 g/mol. The Kier molecular flexibility index (Phi) is 9.48. The van der Waals surface area contributed by atoms with Crippen LogP contribution in [-0.4, -0.2) is 34.1 Å². The molecule has 110 valence electrons. The summed E-state index contributed by atoms with van der Waals surface area (Å²) in [5, 5.41) is 19.8. The minimum Gasteiger partial charge on any atom is -0.481 e. The van der Waals surface area contributed by atoms with Crippen molar-refractivity contribution in [2.75, 3.05) is 0 Å². The van der Waals surface area contributed by atoms with Gasteiger partial charge in [-0.3, -0.25) is 9.59 Å². The summed E-state index contributed by atoms with van der Waals surface area (Å²) >= 11 is 0. The molecule has 6 heteroatoms. The highest BCUT2D eigenvalue weighted by Gasteiger charge is 2.19. The van der Waals surface area contributed by atoms with E-state index in [0.717, 1.165) is 25.7 Å². The van der Waals surface area contributed by atoms with Gasteiger partial charge in [-0.2, -0.15) is 0 Å². The lowest BCUT2D eigenvalue weighted by Crippen LogP contribution is -2.40. The van der Waals surface area contributed by atoms with Crippen molar-refractivity contribution in [2.24, 2.45) is 0 Å². The van der Waals surface area contributed by atoms with Gasteiger partial charge in [0.05, 0.1) is 0 Å². The lowest BCUT2D eigenvalue weighted by atomic mass is 10.1. The molecule has 6 nitrogen and oxygen atoms in total. The Morgan fingerprint density at radius 1 is 1.00 bits per heavy atom. The van der Waals surface area contributed by atoms with Gasteiger partial charge >= 0.3 is 11.9 Å². The fourth-order valence-corrected chi connectivity index (χ4v) is 1.69. The van der Waals surface area contributed by atoms with E-state index in [0.29, 0.717) is 6.42 Å². The smallest absolute Gasteiger partial charge is 0.326 e. The third kappa shape index (κ3) is 10.1. The summed E-state index contributed by atoms with van der Waals surface area (Å²) in [5.41, 5.74) is 0. The Morgan fingerprint density at radius 3 is 2.21 bits per heavy atom. The first-order valence-electron chi connectivity index (χ1n) is 6.71. The van der Waals surface area contributed by atoms with E-state index in [4.69, 9.17) is 10.2 Å². The summed E-state index contributed by atoms with van der Waals surface area (Å²) in [4.78, 5) is 32.8. The number of nitrogens with one attached hydrogen (secondary N) is 1. The number of carbonyl (C=O) groups is 3.